The van der Waals surface area contributed by atoms with Gasteiger partial charge in [0.15, 0.2) is 5.16 Å². The summed E-state index contributed by atoms with van der Waals surface area (Å²) in [6.45, 7) is 8.66. The molecule has 0 bridgehead atoms. The maximum Gasteiger partial charge on any atom is 0.251 e. The van der Waals surface area contributed by atoms with E-state index in [9.17, 15) is 4.79 Å². The number of thioether (sulfide) groups is 1. The van der Waals surface area contributed by atoms with Gasteiger partial charge in [0.1, 0.15) is 11.0 Å². The van der Waals surface area contributed by atoms with Crippen molar-refractivity contribution in [1.29, 1.82) is 0 Å². The molecule has 2 aromatic carbocycles. The van der Waals surface area contributed by atoms with Gasteiger partial charge in [0, 0.05) is 73.4 Å². The summed E-state index contributed by atoms with van der Waals surface area (Å²) in [7, 11) is 0. The zero-order valence-electron chi connectivity index (χ0n) is 23.6. The fraction of sp³-hybridized carbons (Fsp3) is 0.452. The molecule has 0 aliphatic carbocycles. The summed E-state index contributed by atoms with van der Waals surface area (Å²) in [5.74, 6) is 1.52. The fourth-order valence-corrected chi connectivity index (χ4v) is 6.68. The van der Waals surface area contributed by atoms with Crippen LogP contribution in [-0.2, 0) is 5.75 Å². The van der Waals surface area contributed by atoms with Gasteiger partial charge in [0.25, 0.3) is 5.91 Å². The first-order valence-corrected chi connectivity index (χ1v) is 16.2. The highest BCUT2D eigenvalue weighted by Gasteiger charge is 2.20. The quantitative estimate of drug-likeness (QED) is 0.123. The Balaban J connectivity index is 1.08. The van der Waals surface area contributed by atoms with Gasteiger partial charge >= 0.3 is 0 Å². The van der Waals surface area contributed by atoms with E-state index < -0.39 is 0 Å². The second kappa shape index (κ2) is 14.6. The molecule has 1 amide bonds. The summed E-state index contributed by atoms with van der Waals surface area (Å²) in [6, 6.07) is 18.2. The molecule has 1 unspecified atom stereocenters. The number of rotatable bonds is 10. The third kappa shape index (κ3) is 8.51. The molecule has 1 N–H and O–H groups in total. The second-order valence-corrected chi connectivity index (χ2v) is 12.5. The smallest absolute Gasteiger partial charge is 0.251 e. The van der Waals surface area contributed by atoms with Gasteiger partial charge in [-0.25, -0.2) is 9.97 Å². The SMILES string of the molecule is CC1CCCCN1CCCNC(=O)c1ccc(CSc2nc(Cl)cc(N3CCN(c4cccc(Cl)c4)CC3)n2)cc1. The van der Waals surface area contributed by atoms with Gasteiger partial charge in [0.05, 0.1) is 0 Å². The molecule has 0 radical (unpaired) electrons. The summed E-state index contributed by atoms with van der Waals surface area (Å²) in [5.41, 5.74) is 2.93. The lowest BCUT2D eigenvalue weighted by atomic mass is 10.0. The van der Waals surface area contributed by atoms with Crippen LogP contribution in [0.5, 0.6) is 0 Å². The number of piperidine rings is 1. The number of nitrogens with zero attached hydrogens (tertiary/aromatic N) is 5. The molecule has 10 heteroatoms. The highest BCUT2D eigenvalue weighted by atomic mass is 35.5. The van der Waals surface area contributed by atoms with Gasteiger partial charge in [0.2, 0.25) is 0 Å². The van der Waals surface area contributed by atoms with E-state index in [1.54, 1.807) is 11.8 Å². The second-order valence-electron chi connectivity index (χ2n) is 10.8. The normalized spacial score (nSPS) is 18.0. The third-order valence-electron chi connectivity index (χ3n) is 7.87. The number of likely N-dealkylation sites (tertiary alicyclic amines) is 1. The predicted molar refractivity (Wildman–Crippen MR) is 171 cm³/mol. The first-order valence-electron chi connectivity index (χ1n) is 14.5. The molecule has 218 valence electrons. The minimum Gasteiger partial charge on any atom is -0.368 e. The number of carbonyl (C=O) groups excluding carboxylic acids is 1. The first kappa shape index (κ1) is 30.0. The van der Waals surface area contributed by atoms with E-state index >= 15 is 0 Å². The highest BCUT2D eigenvalue weighted by Crippen LogP contribution is 2.27. The Morgan fingerprint density at radius 2 is 1.76 bits per heavy atom. The average Bonchev–Trinajstić information content (AvgIpc) is 2.99. The molecule has 2 fully saturated rings. The number of aromatic nitrogens is 2. The minimum atomic E-state index is -0.0193. The van der Waals surface area contributed by atoms with E-state index in [1.807, 2.05) is 48.5 Å². The molecule has 1 atom stereocenters. The van der Waals surface area contributed by atoms with Crippen molar-refractivity contribution in [2.45, 2.75) is 49.6 Å². The number of halogens is 2. The van der Waals surface area contributed by atoms with Crippen LogP contribution in [0.15, 0.2) is 59.8 Å². The number of anilines is 2. The number of piperazine rings is 1. The maximum absolute atomic E-state index is 12.6. The van der Waals surface area contributed by atoms with E-state index in [4.69, 9.17) is 28.2 Å². The Morgan fingerprint density at radius 3 is 2.51 bits per heavy atom. The van der Waals surface area contributed by atoms with Gasteiger partial charge < -0.3 is 20.0 Å². The fourth-order valence-electron chi connectivity index (χ4n) is 5.45. The molecule has 2 aliphatic heterocycles. The lowest BCUT2D eigenvalue weighted by Crippen LogP contribution is -2.46. The van der Waals surface area contributed by atoms with Gasteiger partial charge in [-0.3, -0.25) is 4.79 Å². The molecule has 7 nitrogen and oxygen atoms in total. The molecule has 1 aromatic heterocycles. The molecule has 5 rings (SSSR count). The Labute approximate surface area is 257 Å². The highest BCUT2D eigenvalue weighted by molar-refractivity contribution is 7.98. The van der Waals surface area contributed by atoms with Crippen LogP contribution in [0.3, 0.4) is 0 Å². The lowest BCUT2D eigenvalue weighted by Gasteiger charge is -2.36. The number of carbonyl (C=O) groups is 1. The third-order valence-corrected chi connectivity index (χ3v) is 9.22. The summed E-state index contributed by atoms with van der Waals surface area (Å²) in [4.78, 5) is 29.0. The van der Waals surface area contributed by atoms with Crippen molar-refractivity contribution >= 4 is 52.4 Å². The van der Waals surface area contributed by atoms with E-state index in [0.717, 1.165) is 61.2 Å². The largest absolute Gasteiger partial charge is 0.368 e. The topological polar surface area (TPSA) is 64.6 Å². The monoisotopic (exact) mass is 612 g/mol. The summed E-state index contributed by atoms with van der Waals surface area (Å²) < 4.78 is 0. The van der Waals surface area contributed by atoms with Crippen LogP contribution in [0.25, 0.3) is 0 Å². The standard InChI is InChI=1S/C31H38Cl2N6OS/c1-23-6-2-3-14-37(23)15-5-13-34-30(40)25-11-9-24(10-12-25)22-41-31-35-28(33)21-29(36-31)39-18-16-38(17-19-39)27-8-4-7-26(32)20-27/h4,7-12,20-21,23H,2-3,5-6,13-19,22H2,1H3,(H,34,40). The lowest BCUT2D eigenvalue weighted by molar-refractivity contribution is 0.0949. The molecule has 0 spiro atoms. The molecule has 41 heavy (non-hydrogen) atoms. The minimum absolute atomic E-state index is 0.0193. The Morgan fingerprint density at radius 1 is 0.976 bits per heavy atom. The Bertz CT molecular complexity index is 1300. The van der Waals surface area contributed by atoms with Gasteiger partial charge in [-0.2, -0.15) is 0 Å². The number of hydrogen-bond donors (Lipinski definition) is 1. The average molecular weight is 614 g/mol. The van der Waals surface area contributed by atoms with E-state index in [1.165, 1.54) is 25.8 Å². The predicted octanol–water partition coefficient (Wildman–Crippen LogP) is 6.40. The van der Waals surface area contributed by atoms with Crippen LogP contribution in [0.2, 0.25) is 10.2 Å². The molecular formula is C31H38Cl2N6OS. The molecule has 2 aliphatic rings. The van der Waals surface area contributed by atoms with Crippen molar-refractivity contribution < 1.29 is 4.79 Å². The van der Waals surface area contributed by atoms with Crippen LogP contribution in [0.1, 0.15) is 48.5 Å². The van der Waals surface area contributed by atoms with Gasteiger partial charge in [-0.05, 0) is 68.6 Å². The summed E-state index contributed by atoms with van der Waals surface area (Å²) >= 11 is 14.1. The van der Waals surface area contributed by atoms with Crippen LogP contribution in [0.4, 0.5) is 11.5 Å². The number of hydrogen-bond acceptors (Lipinski definition) is 7. The Hall–Kier alpha value is -2.52. The van der Waals surface area contributed by atoms with Gasteiger partial charge in [-0.1, -0.05) is 59.6 Å². The zero-order valence-corrected chi connectivity index (χ0v) is 25.9. The van der Waals surface area contributed by atoms with E-state index in [2.05, 4.69) is 38.0 Å². The number of amides is 1. The molecule has 3 aromatic rings. The Kier molecular flexibility index (Phi) is 10.7. The number of nitrogens with one attached hydrogen (secondary N) is 1. The zero-order chi connectivity index (χ0) is 28.6. The van der Waals surface area contributed by atoms with E-state index in [0.29, 0.717) is 34.2 Å². The molecule has 3 heterocycles. The summed E-state index contributed by atoms with van der Waals surface area (Å²) in [5, 5.41) is 4.91. The van der Waals surface area contributed by atoms with Crippen LogP contribution in [0, 0.1) is 0 Å². The van der Waals surface area contributed by atoms with Crippen LogP contribution >= 0.6 is 35.0 Å². The van der Waals surface area contributed by atoms with Crippen molar-refractivity contribution in [3.8, 4) is 0 Å². The van der Waals surface area contributed by atoms with Crippen molar-refractivity contribution in [2.75, 3.05) is 55.6 Å². The molecular weight excluding hydrogens is 575 g/mol. The number of benzene rings is 2. The molecule has 0 saturated carbocycles. The first-order chi connectivity index (χ1) is 19.9. The summed E-state index contributed by atoms with van der Waals surface area (Å²) in [6.07, 6.45) is 4.88. The van der Waals surface area contributed by atoms with Crippen molar-refractivity contribution in [3.05, 3.63) is 75.9 Å². The van der Waals surface area contributed by atoms with E-state index in [-0.39, 0.29) is 5.91 Å². The van der Waals surface area contributed by atoms with Crippen molar-refractivity contribution in [2.24, 2.45) is 0 Å². The maximum atomic E-state index is 12.6. The van der Waals surface area contributed by atoms with Crippen LogP contribution in [-0.4, -0.2) is 72.6 Å². The van der Waals surface area contributed by atoms with Crippen molar-refractivity contribution in [1.82, 2.24) is 20.2 Å². The van der Waals surface area contributed by atoms with Crippen molar-refractivity contribution in [3.63, 3.8) is 0 Å². The molecule has 2 saturated heterocycles. The van der Waals surface area contributed by atoms with Gasteiger partial charge in [-0.15, -0.1) is 0 Å². The van der Waals surface area contributed by atoms with Crippen LogP contribution < -0.4 is 15.1 Å².